The van der Waals surface area contributed by atoms with Gasteiger partial charge in [-0.05, 0) is 43.3 Å². The lowest BCUT2D eigenvalue weighted by Crippen LogP contribution is -2.41. The standard InChI is InChI=1S/C20H17ClN2O6/c1-3-28-16-6-4-11(8-17(16)27-2)19(25)22-23-20(26)18-10-14(24)13-9-12(21)5-7-15(13)29-18/h4-10H,3H2,1-2H3,(H,22,25)(H,23,26). The first-order chi connectivity index (χ1) is 13.9. The van der Waals surface area contributed by atoms with Crippen LogP contribution >= 0.6 is 11.6 Å². The van der Waals surface area contributed by atoms with Crippen molar-refractivity contribution in [3.8, 4) is 11.5 Å². The topological polar surface area (TPSA) is 107 Å². The number of amides is 2. The maximum atomic E-state index is 12.3. The second kappa shape index (κ2) is 8.66. The molecule has 8 nitrogen and oxygen atoms in total. The van der Waals surface area contributed by atoms with E-state index in [-0.39, 0.29) is 22.3 Å². The maximum absolute atomic E-state index is 12.3. The Balaban J connectivity index is 1.73. The number of benzene rings is 2. The summed E-state index contributed by atoms with van der Waals surface area (Å²) in [5.74, 6) is -0.757. The third kappa shape index (κ3) is 4.49. The maximum Gasteiger partial charge on any atom is 0.305 e. The average Bonchev–Trinajstić information content (AvgIpc) is 2.72. The molecule has 150 valence electrons. The lowest BCUT2D eigenvalue weighted by molar-refractivity contribution is 0.0831. The van der Waals surface area contributed by atoms with Crippen molar-refractivity contribution < 1.29 is 23.5 Å². The van der Waals surface area contributed by atoms with Crippen LogP contribution < -0.4 is 25.8 Å². The zero-order valence-corrected chi connectivity index (χ0v) is 16.3. The molecular weight excluding hydrogens is 400 g/mol. The van der Waals surface area contributed by atoms with Crippen LogP contribution in [-0.2, 0) is 0 Å². The molecule has 1 heterocycles. The van der Waals surface area contributed by atoms with Gasteiger partial charge in [0.1, 0.15) is 5.58 Å². The molecule has 2 amide bonds. The van der Waals surface area contributed by atoms with Crippen LogP contribution in [0.25, 0.3) is 11.0 Å². The molecule has 0 fully saturated rings. The van der Waals surface area contributed by atoms with Gasteiger partial charge in [0.15, 0.2) is 22.7 Å². The van der Waals surface area contributed by atoms with Gasteiger partial charge in [-0.1, -0.05) is 11.6 Å². The van der Waals surface area contributed by atoms with Crippen molar-refractivity contribution in [3.63, 3.8) is 0 Å². The van der Waals surface area contributed by atoms with Gasteiger partial charge >= 0.3 is 5.91 Å². The number of hydrogen-bond donors (Lipinski definition) is 2. The molecule has 0 saturated carbocycles. The number of halogens is 1. The normalized spacial score (nSPS) is 10.4. The number of ether oxygens (including phenoxy) is 2. The molecule has 0 aliphatic heterocycles. The van der Waals surface area contributed by atoms with E-state index in [1.54, 1.807) is 6.07 Å². The van der Waals surface area contributed by atoms with E-state index in [1.807, 2.05) is 6.92 Å². The Morgan fingerprint density at radius 2 is 1.79 bits per heavy atom. The van der Waals surface area contributed by atoms with Crippen LogP contribution in [0.4, 0.5) is 0 Å². The SMILES string of the molecule is CCOc1ccc(C(=O)NNC(=O)c2cc(=O)c3cc(Cl)ccc3o2)cc1OC. The third-order valence-corrected chi connectivity index (χ3v) is 4.16. The molecule has 0 aliphatic rings. The Hall–Kier alpha value is -3.52. The van der Waals surface area contributed by atoms with Crippen molar-refractivity contribution in [2.45, 2.75) is 6.92 Å². The smallest absolute Gasteiger partial charge is 0.305 e. The van der Waals surface area contributed by atoms with Crippen molar-refractivity contribution >= 4 is 34.4 Å². The molecule has 0 bridgehead atoms. The Labute approximate surface area is 170 Å². The summed E-state index contributed by atoms with van der Waals surface area (Å²) in [6, 6.07) is 10.1. The molecule has 0 radical (unpaired) electrons. The first kappa shape index (κ1) is 20.2. The molecule has 3 aromatic rings. The zero-order chi connectivity index (χ0) is 21.0. The van der Waals surface area contributed by atoms with Crippen LogP contribution in [0.1, 0.15) is 27.8 Å². The Bertz CT molecular complexity index is 1140. The molecule has 2 N–H and O–H groups in total. The predicted molar refractivity (Wildman–Crippen MR) is 107 cm³/mol. The molecule has 0 unspecified atom stereocenters. The summed E-state index contributed by atoms with van der Waals surface area (Å²) in [6.45, 7) is 2.27. The number of hydrogen-bond acceptors (Lipinski definition) is 6. The van der Waals surface area contributed by atoms with Crippen LogP contribution in [0.2, 0.25) is 5.02 Å². The van der Waals surface area contributed by atoms with Crippen LogP contribution in [0.3, 0.4) is 0 Å². The molecule has 3 rings (SSSR count). The van der Waals surface area contributed by atoms with E-state index in [0.717, 1.165) is 6.07 Å². The minimum atomic E-state index is -0.787. The van der Waals surface area contributed by atoms with Crippen molar-refractivity contribution in [2.75, 3.05) is 13.7 Å². The Morgan fingerprint density at radius 1 is 1.03 bits per heavy atom. The fourth-order valence-corrected chi connectivity index (χ4v) is 2.74. The van der Waals surface area contributed by atoms with Gasteiger partial charge < -0.3 is 13.9 Å². The summed E-state index contributed by atoms with van der Waals surface area (Å²) >= 11 is 5.86. The molecule has 1 aromatic heterocycles. The van der Waals surface area contributed by atoms with Crippen LogP contribution in [0, 0.1) is 0 Å². The monoisotopic (exact) mass is 416 g/mol. The first-order valence-corrected chi connectivity index (χ1v) is 8.95. The first-order valence-electron chi connectivity index (χ1n) is 8.58. The summed E-state index contributed by atoms with van der Waals surface area (Å²) in [6.07, 6.45) is 0. The van der Waals surface area contributed by atoms with E-state index in [1.165, 1.54) is 37.4 Å². The Morgan fingerprint density at radius 3 is 2.52 bits per heavy atom. The number of carbonyl (C=O) groups excluding carboxylic acids is 2. The highest BCUT2D eigenvalue weighted by molar-refractivity contribution is 6.31. The van der Waals surface area contributed by atoms with E-state index < -0.39 is 17.2 Å². The number of methoxy groups -OCH3 is 1. The molecule has 0 spiro atoms. The molecule has 29 heavy (non-hydrogen) atoms. The van der Waals surface area contributed by atoms with Crippen molar-refractivity contribution in [2.24, 2.45) is 0 Å². The fraction of sp³-hybridized carbons (Fsp3) is 0.150. The van der Waals surface area contributed by atoms with Gasteiger partial charge in [-0.15, -0.1) is 0 Å². The van der Waals surface area contributed by atoms with Crippen LogP contribution in [0.5, 0.6) is 11.5 Å². The number of rotatable bonds is 5. The number of fused-ring (bicyclic) bond motifs is 1. The van der Waals surface area contributed by atoms with E-state index in [4.69, 9.17) is 25.5 Å². The average molecular weight is 417 g/mol. The molecule has 0 saturated heterocycles. The quantitative estimate of drug-likeness (QED) is 0.619. The summed E-state index contributed by atoms with van der Waals surface area (Å²) < 4.78 is 16.0. The fourth-order valence-electron chi connectivity index (χ4n) is 2.57. The van der Waals surface area contributed by atoms with Gasteiger partial charge in [-0.3, -0.25) is 25.2 Å². The molecule has 0 atom stereocenters. The highest BCUT2D eigenvalue weighted by Gasteiger charge is 2.15. The van der Waals surface area contributed by atoms with Gasteiger partial charge in [-0.25, -0.2) is 0 Å². The van der Waals surface area contributed by atoms with Crippen molar-refractivity contribution in [3.05, 3.63) is 69.0 Å². The van der Waals surface area contributed by atoms with E-state index >= 15 is 0 Å². The largest absolute Gasteiger partial charge is 0.493 e. The lowest BCUT2D eigenvalue weighted by Gasteiger charge is -2.11. The predicted octanol–water partition coefficient (Wildman–Crippen LogP) is 2.93. The van der Waals surface area contributed by atoms with Gasteiger partial charge in [0.25, 0.3) is 5.91 Å². The number of hydrazine groups is 1. The van der Waals surface area contributed by atoms with Crippen LogP contribution in [-0.4, -0.2) is 25.5 Å². The summed E-state index contributed by atoms with van der Waals surface area (Å²) in [5, 5.41) is 0.625. The molecule has 9 heteroatoms. The molecular formula is C20H17ClN2O6. The molecule has 0 aliphatic carbocycles. The van der Waals surface area contributed by atoms with E-state index in [2.05, 4.69) is 10.9 Å². The highest BCUT2D eigenvalue weighted by Crippen LogP contribution is 2.28. The second-order valence-corrected chi connectivity index (χ2v) is 6.26. The third-order valence-electron chi connectivity index (χ3n) is 3.93. The molecule has 2 aromatic carbocycles. The number of nitrogens with one attached hydrogen (secondary N) is 2. The minimum Gasteiger partial charge on any atom is -0.493 e. The van der Waals surface area contributed by atoms with E-state index in [0.29, 0.717) is 23.1 Å². The van der Waals surface area contributed by atoms with Crippen molar-refractivity contribution in [1.82, 2.24) is 10.9 Å². The van der Waals surface area contributed by atoms with Gasteiger partial charge in [-0.2, -0.15) is 0 Å². The van der Waals surface area contributed by atoms with Gasteiger partial charge in [0.05, 0.1) is 19.1 Å². The summed E-state index contributed by atoms with van der Waals surface area (Å²) in [5.41, 5.74) is 4.48. The minimum absolute atomic E-state index is 0.203. The Kier molecular flexibility index (Phi) is 6.04. The van der Waals surface area contributed by atoms with Gasteiger partial charge in [0.2, 0.25) is 0 Å². The summed E-state index contributed by atoms with van der Waals surface area (Å²) in [7, 11) is 1.45. The van der Waals surface area contributed by atoms with Crippen molar-refractivity contribution in [1.29, 1.82) is 0 Å². The highest BCUT2D eigenvalue weighted by atomic mass is 35.5. The lowest BCUT2D eigenvalue weighted by atomic mass is 10.2. The zero-order valence-electron chi connectivity index (χ0n) is 15.6. The second-order valence-electron chi connectivity index (χ2n) is 5.82. The summed E-state index contributed by atoms with van der Waals surface area (Å²) in [4.78, 5) is 36.7. The van der Waals surface area contributed by atoms with Gasteiger partial charge in [0, 0.05) is 16.7 Å². The van der Waals surface area contributed by atoms with Crippen LogP contribution in [0.15, 0.2) is 51.7 Å². The number of carbonyl (C=O) groups is 2. The van der Waals surface area contributed by atoms with E-state index in [9.17, 15) is 14.4 Å².